The molecule has 3 aromatic rings. The number of nitrogens with zero attached hydrogens (tertiary/aromatic N) is 4. The third kappa shape index (κ3) is 5.63. The molecule has 188 valence electrons. The van der Waals surface area contributed by atoms with Crippen molar-refractivity contribution in [3.8, 4) is 11.4 Å². The molecule has 35 heavy (non-hydrogen) atoms. The number of carbonyl (C=O) groups is 1. The number of hydrogen-bond acceptors (Lipinski definition) is 5. The van der Waals surface area contributed by atoms with Gasteiger partial charge in [0, 0.05) is 40.7 Å². The van der Waals surface area contributed by atoms with Crippen LogP contribution in [0.4, 0.5) is 0 Å². The fraction of sp³-hybridized carbons (Fsp3) is 0.500. The van der Waals surface area contributed by atoms with E-state index >= 15 is 0 Å². The minimum Gasteiger partial charge on any atom is -0.383 e. The van der Waals surface area contributed by atoms with Gasteiger partial charge in [0.15, 0.2) is 16.8 Å². The summed E-state index contributed by atoms with van der Waals surface area (Å²) in [5.41, 5.74) is 3.59. The number of thioether (sulfide) groups is 1. The van der Waals surface area contributed by atoms with Crippen molar-refractivity contribution in [1.82, 2.24) is 19.3 Å². The standard InChI is InChI=1S/C26H32Cl2N4O2S/c1-16-12-22(18(3)31(16)17(2)14-34-4)24(33)15-35-26-30-29-25(21-11-10-19(27)13-23(21)28)32(26)20-8-6-5-7-9-20/h10-13,17,20H,5-9,14-15H2,1-4H3/t17-/m0/s1. The van der Waals surface area contributed by atoms with Gasteiger partial charge in [-0.2, -0.15) is 0 Å². The fourth-order valence-electron chi connectivity index (χ4n) is 5.16. The zero-order valence-electron chi connectivity index (χ0n) is 20.7. The summed E-state index contributed by atoms with van der Waals surface area (Å²) in [4.78, 5) is 13.3. The molecular weight excluding hydrogens is 503 g/mol. The maximum Gasteiger partial charge on any atom is 0.192 e. The monoisotopic (exact) mass is 534 g/mol. The van der Waals surface area contributed by atoms with Crippen LogP contribution in [0.3, 0.4) is 0 Å². The van der Waals surface area contributed by atoms with Crippen molar-refractivity contribution < 1.29 is 9.53 Å². The van der Waals surface area contributed by atoms with Gasteiger partial charge in [-0.05, 0) is 57.9 Å². The van der Waals surface area contributed by atoms with Gasteiger partial charge in [0.05, 0.1) is 23.4 Å². The van der Waals surface area contributed by atoms with Crippen LogP contribution in [-0.2, 0) is 4.74 Å². The highest BCUT2D eigenvalue weighted by atomic mass is 35.5. The number of benzene rings is 1. The van der Waals surface area contributed by atoms with Gasteiger partial charge < -0.3 is 9.30 Å². The molecular formula is C26H32Cl2N4O2S. The van der Waals surface area contributed by atoms with Crippen LogP contribution in [0.15, 0.2) is 29.4 Å². The number of aromatic nitrogens is 4. The van der Waals surface area contributed by atoms with Crippen molar-refractivity contribution in [3.05, 3.63) is 51.3 Å². The summed E-state index contributed by atoms with van der Waals surface area (Å²) in [5, 5.41) is 10.9. The highest BCUT2D eigenvalue weighted by molar-refractivity contribution is 7.99. The summed E-state index contributed by atoms with van der Waals surface area (Å²) >= 11 is 14.1. The predicted molar refractivity (Wildman–Crippen MR) is 143 cm³/mol. The second-order valence-electron chi connectivity index (χ2n) is 9.26. The van der Waals surface area contributed by atoms with Crippen molar-refractivity contribution >= 4 is 40.7 Å². The molecule has 9 heteroatoms. The zero-order chi connectivity index (χ0) is 25.1. The van der Waals surface area contributed by atoms with Crippen molar-refractivity contribution in [1.29, 1.82) is 0 Å². The summed E-state index contributed by atoms with van der Waals surface area (Å²) in [6.07, 6.45) is 5.72. The second-order valence-corrected chi connectivity index (χ2v) is 11.0. The van der Waals surface area contributed by atoms with Crippen molar-refractivity contribution in [2.75, 3.05) is 19.5 Å². The Morgan fingerprint density at radius 1 is 1.17 bits per heavy atom. The van der Waals surface area contributed by atoms with Gasteiger partial charge in [0.2, 0.25) is 0 Å². The Morgan fingerprint density at radius 3 is 2.60 bits per heavy atom. The minimum absolute atomic E-state index is 0.0863. The van der Waals surface area contributed by atoms with E-state index in [9.17, 15) is 4.79 Å². The lowest BCUT2D eigenvalue weighted by Crippen LogP contribution is -2.16. The molecule has 1 atom stereocenters. The van der Waals surface area contributed by atoms with E-state index in [1.807, 2.05) is 32.0 Å². The number of ketones is 1. The van der Waals surface area contributed by atoms with Crippen LogP contribution in [0, 0.1) is 13.8 Å². The molecule has 2 aromatic heterocycles. The lowest BCUT2D eigenvalue weighted by atomic mass is 9.95. The van der Waals surface area contributed by atoms with E-state index in [-0.39, 0.29) is 17.9 Å². The SMILES string of the molecule is COC[C@H](C)n1c(C)cc(C(=O)CSc2nnc(-c3ccc(Cl)cc3Cl)n2C2CCCCC2)c1C. The Kier molecular flexibility index (Phi) is 8.63. The first-order valence-corrected chi connectivity index (χ1v) is 13.8. The van der Waals surface area contributed by atoms with Crippen LogP contribution in [-0.4, -0.2) is 44.6 Å². The van der Waals surface area contributed by atoms with Gasteiger partial charge in [-0.25, -0.2) is 0 Å². The highest BCUT2D eigenvalue weighted by Gasteiger charge is 2.26. The van der Waals surface area contributed by atoms with Crippen LogP contribution >= 0.6 is 35.0 Å². The summed E-state index contributed by atoms with van der Waals surface area (Å²) in [6.45, 7) is 6.73. The number of ether oxygens (including phenoxy) is 1. The lowest BCUT2D eigenvalue weighted by molar-refractivity contribution is 0.102. The van der Waals surface area contributed by atoms with Crippen molar-refractivity contribution in [2.24, 2.45) is 0 Å². The maximum absolute atomic E-state index is 13.3. The molecule has 2 heterocycles. The number of hydrogen-bond donors (Lipinski definition) is 0. The summed E-state index contributed by atoms with van der Waals surface area (Å²) < 4.78 is 9.69. The van der Waals surface area contributed by atoms with E-state index in [1.54, 1.807) is 13.2 Å². The molecule has 0 amide bonds. The topological polar surface area (TPSA) is 61.9 Å². The molecule has 1 saturated carbocycles. The smallest absolute Gasteiger partial charge is 0.192 e. The first kappa shape index (κ1) is 26.3. The lowest BCUT2D eigenvalue weighted by Gasteiger charge is -2.25. The molecule has 0 N–H and O–H groups in total. The Labute approximate surface area is 221 Å². The van der Waals surface area contributed by atoms with Crippen LogP contribution in [0.1, 0.15) is 72.9 Å². The molecule has 0 aliphatic heterocycles. The number of halogens is 2. The van der Waals surface area contributed by atoms with E-state index in [4.69, 9.17) is 27.9 Å². The van der Waals surface area contributed by atoms with Gasteiger partial charge in [-0.15, -0.1) is 10.2 Å². The average Bonchev–Trinajstić information content (AvgIpc) is 3.38. The van der Waals surface area contributed by atoms with E-state index in [2.05, 4.69) is 26.3 Å². The molecule has 0 unspecified atom stereocenters. The quantitative estimate of drug-likeness (QED) is 0.212. The summed E-state index contributed by atoms with van der Waals surface area (Å²) in [5.74, 6) is 1.12. The third-order valence-corrected chi connectivity index (χ3v) is 8.23. The highest BCUT2D eigenvalue weighted by Crippen LogP contribution is 2.38. The predicted octanol–water partition coefficient (Wildman–Crippen LogP) is 7.36. The maximum atomic E-state index is 13.3. The molecule has 4 rings (SSSR count). The van der Waals surface area contributed by atoms with Gasteiger partial charge in [-0.1, -0.05) is 54.2 Å². The normalized spacial score (nSPS) is 15.5. The van der Waals surface area contributed by atoms with E-state index in [1.165, 1.54) is 31.0 Å². The summed E-state index contributed by atoms with van der Waals surface area (Å²) in [7, 11) is 1.70. The Morgan fingerprint density at radius 2 is 1.91 bits per heavy atom. The Balaban J connectivity index is 1.61. The summed E-state index contributed by atoms with van der Waals surface area (Å²) in [6, 6.07) is 7.88. The van der Waals surface area contributed by atoms with E-state index in [0.717, 1.165) is 46.3 Å². The number of methoxy groups -OCH3 is 1. The zero-order valence-corrected chi connectivity index (χ0v) is 23.0. The number of carbonyl (C=O) groups excluding carboxylic acids is 1. The molecule has 1 aliphatic carbocycles. The van der Waals surface area contributed by atoms with Gasteiger partial charge >= 0.3 is 0 Å². The number of Topliss-reactive ketones (excluding diaryl/α,β-unsaturated/α-hetero) is 1. The van der Waals surface area contributed by atoms with Crippen molar-refractivity contribution in [3.63, 3.8) is 0 Å². The van der Waals surface area contributed by atoms with Gasteiger partial charge in [0.1, 0.15) is 0 Å². The minimum atomic E-state index is 0.0863. The fourth-order valence-corrected chi connectivity index (χ4v) is 6.54. The first-order chi connectivity index (χ1) is 16.8. The van der Waals surface area contributed by atoms with Crippen LogP contribution in [0.2, 0.25) is 10.0 Å². The van der Waals surface area contributed by atoms with Crippen LogP contribution in [0.25, 0.3) is 11.4 Å². The van der Waals surface area contributed by atoms with Crippen LogP contribution in [0.5, 0.6) is 0 Å². The largest absolute Gasteiger partial charge is 0.383 e. The number of rotatable bonds is 9. The molecule has 0 spiro atoms. The van der Waals surface area contributed by atoms with Gasteiger partial charge in [-0.3, -0.25) is 9.36 Å². The van der Waals surface area contributed by atoms with Gasteiger partial charge in [0.25, 0.3) is 0 Å². The molecule has 0 bridgehead atoms. The van der Waals surface area contributed by atoms with Crippen molar-refractivity contribution in [2.45, 2.75) is 70.1 Å². The molecule has 0 saturated heterocycles. The average molecular weight is 536 g/mol. The molecule has 1 aliphatic rings. The number of aryl methyl sites for hydroxylation is 1. The second kappa shape index (κ2) is 11.5. The molecule has 0 radical (unpaired) electrons. The van der Waals surface area contributed by atoms with E-state index in [0.29, 0.717) is 22.4 Å². The van der Waals surface area contributed by atoms with Crippen LogP contribution < -0.4 is 0 Å². The molecule has 1 fully saturated rings. The first-order valence-electron chi connectivity index (χ1n) is 12.1. The molecule has 1 aromatic carbocycles. The van der Waals surface area contributed by atoms with E-state index < -0.39 is 0 Å². The Hall–Kier alpha value is -1.80. The molecule has 6 nitrogen and oxygen atoms in total. The Bertz CT molecular complexity index is 1200. The third-order valence-electron chi connectivity index (χ3n) is 6.74.